The van der Waals surface area contributed by atoms with Gasteiger partial charge in [0.15, 0.2) is 17.5 Å². The van der Waals surface area contributed by atoms with Crippen molar-refractivity contribution in [1.29, 1.82) is 0 Å². The van der Waals surface area contributed by atoms with Crippen LogP contribution in [0.3, 0.4) is 0 Å². The summed E-state index contributed by atoms with van der Waals surface area (Å²) in [4.78, 5) is 4.70. The number of benzene rings is 1. The van der Waals surface area contributed by atoms with Crippen LogP contribution in [0.5, 0.6) is 0 Å². The highest BCUT2D eigenvalue weighted by molar-refractivity contribution is 5.61. The maximum absolute atomic E-state index is 13.7. The first kappa shape index (κ1) is 13.4. The van der Waals surface area contributed by atoms with Gasteiger partial charge in [0, 0.05) is 18.8 Å². The average Bonchev–Trinajstić information content (AvgIpc) is 2.31. The lowest BCUT2D eigenvalue weighted by molar-refractivity contribution is 0.465. The zero-order valence-corrected chi connectivity index (χ0v) is 10.8. The summed E-state index contributed by atoms with van der Waals surface area (Å²) in [6.07, 6.45) is 0. The summed E-state index contributed by atoms with van der Waals surface area (Å²) in [5.41, 5.74) is 2.64. The Hall–Kier alpha value is -2.04. The molecule has 0 unspecified atom stereocenters. The number of hydrogen-bond donors (Lipinski definition) is 0. The minimum Gasteiger partial charge on any atom is -0.327 e. The van der Waals surface area contributed by atoms with E-state index in [-0.39, 0.29) is 5.82 Å². The molecule has 0 N–H and O–H groups in total. The van der Waals surface area contributed by atoms with E-state index in [1.165, 1.54) is 4.90 Å². The van der Waals surface area contributed by atoms with Crippen LogP contribution in [0.1, 0.15) is 11.1 Å². The zero-order valence-electron chi connectivity index (χ0n) is 10.8. The van der Waals surface area contributed by atoms with Gasteiger partial charge in [0.05, 0.1) is 0 Å². The maximum Gasteiger partial charge on any atom is 0.251 e. The van der Waals surface area contributed by atoms with E-state index in [1.54, 1.807) is 7.05 Å². The number of anilines is 2. The molecule has 0 atom stereocenters. The van der Waals surface area contributed by atoms with Gasteiger partial charge in [-0.25, -0.2) is 8.78 Å². The molecule has 100 valence electrons. The standard InChI is InChI=1S/C14H13F3N2/c1-8-4-9(2)6-10(5-8)19(3)14-12(16)7-11(15)13(17)18-14/h4-7H,1-3H3. The van der Waals surface area contributed by atoms with Gasteiger partial charge in [0.25, 0.3) is 5.95 Å². The minimum absolute atomic E-state index is 0.246. The van der Waals surface area contributed by atoms with Crippen molar-refractivity contribution in [2.24, 2.45) is 0 Å². The summed E-state index contributed by atoms with van der Waals surface area (Å²) in [6.45, 7) is 3.80. The zero-order chi connectivity index (χ0) is 14.2. The van der Waals surface area contributed by atoms with Crippen molar-refractivity contribution in [3.8, 4) is 0 Å². The largest absolute Gasteiger partial charge is 0.327 e. The van der Waals surface area contributed by atoms with Crippen molar-refractivity contribution in [3.63, 3.8) is 0 Å². The molecule has 0 saturated heterocycles. The summed E-state index contributed by atoms with van der Waals surface area (Å²) in [7, 11) is 1.55. The van der Waals surface area contributed by atoms with Crippen molar-refractivity contribution < 1.29 is 13.2 Å². The molecule has 2 rings (SSSR count). The Balaban J connectivity index is 2.49. The van der Waals surface area contributed by atoms with Crippen molar-refractivity contribution in [1.82, 2.24) is 4.98 Å². The van der Waals surface area contributed by atoms with E-state index < -0.39 is 17.6 Å². The number of rotatable bonds is 2. The van der Waals surface area contributed by atoms with Gasteiger partial charge >= 0.3 is 0 Å². The molecule has 1 heterocycles. The lowest BCUT2D eigenvalue weighted by Crippen LogP contribution is -2.15. The number of aromatic nitrogens is 1. The fraction of sp³-hybridized carbons (Fsp3) is 0.214. The van der Waals surface area contributed by atoms with Crippen LogP contribution in [0.25, 0.3) is 0 Å². The van der Waals surface area contributed by atoms with E-state index in [0.29, 0.717) is 11.8 Å². The lowest BCUT2D eigenvalue weighted by Gasteiger charge is -2.20. The SMILES string of the molecule is Cc1cc(C)cc(N(C)c2nc(F)c(F)cc2F)c1. The average molecular weight is 266 g/mol. The Kier molecular flexibility index (Phi) is 3.46. The van der Waals surface area contributed by atoms with Crippen LogP contribution < -0.4 is 4.90 Å². The van der Waals surface area contributed by atoms with Crippen molar-refractivity contribution >= 4 is 11.5 Å². The topological polar surface area (TPSA) is 16.1 Å². The van der Waals surface area contributed by atoms with Crippen LogP contribution in [0, 0.1) is 31.4 Å². The van der Waals surface area contributed by atoms with E-state index in [1.807, 2.05) is 32.0 Å². The third-order valence-electron chi connectivity index (χ3n) is 2.78. The van der Waals surface area contributed by atoms with Crippen LogP contribution in [0.4, 0.5) is 24.7 Å². The number of nitrogens with zero attached hydrogens (tertiary/aromatic N) is 2. The summed E-state index contributed by atoms with van der Waals surface area (Å²) in [5.74, 6) is -3.76. The molecule has 1 aromatic carbocycles. The molecule has 0 aliphatic rings. The highest BCUT2D eigenvalue weighted by Gasteiger charge is 2.16. The van der Waals surface area contributed by atoms with Gasteiger partial charge in [0.1, 0.15) is 0 Å². The second-order valence-electron chi connectivity index (χ2n) is 4.47. The van der Waals surface area contributed by atoms with Gasteiger partial charge in [-0.1, -0.05) is 6.07 Å². The number of hydrogen-bond acceptors (Lipinski definition) is 2. The third kappa shape index (κ3) is 2.70. The fourth-order valence-corrected chi connectivity index (χ4v) is 1.94. The molecule has 0 bridgehead atoms. The summed E-state index contributed by atoms with van der Waals surface area (Å²) in [6, 6.07) is 6.09. The number of aryl methyl sites for hydroxylation is 2. The first-order valence-electron chi connectivity index (χ1n) is 5.72. The molecule has 0 radical (unpaired) electrons. The molecule has 2 aromatic rings. The maximum atomic E-state index is 13.7. The van der Waals surface area contributed by atoms with Crippen LogP contribution >= 0.6 is 0 Å². The highest BCUT2D eigenvalue weighted by atomic mass is 19.2. The first-order valence-corrected chi connectivity index (χ1v) is 5.72. The van der Waals surface area contributed by atoms with Crippen LogP contribution in [0.15, 0.2) is 24.3 Å². The Morgan fingerprint density at radius 2 is 1.47 bits per heavy atom. The second-order valence-corrected chi connectivity index (χ2v) is 4.47. The van der Waals surface area contributed by atoms with E-state index >= 15 is 0 Å². The molecule has 5 heteroatoms. The van der Waals surface area contributed by atoms with Crippen LogP contribution in [-0.2, 0) is 0 Å². The smallest absolute Gasteiger partial charge is 0.251 e. The normalized spacial score (nSPS) is 10.6. The van der Waals surface area contributed by atoms with Gasteiger partial charge in [-0.05, 0) is 37.1 Å². The summed E-state index contributed by atoms with van der Waals surface area (Å²) < 4.78 is 39.6. The molecule has 2 nitrogen and oxygen atoms in total. The van der Waals surface area contributed by atoms with E-state index in [9.17, 15) is 13.2 Å². The monoisotopic (exact) mass is 266 g/mol. The quantitative estimate of drug-likeness (QED) is 0.767. The molecule has 0 aliphatic heterocycles. The Morgan fingerprint density at radius 3 is 2.05 bits per heavy atom. The molecule has 0 spiro atoms. The Bertz CT molecular complexity index is 606. The predicted molar refractivity (Wildman–Crippen MR) is 68.1 cm³/mol. The highest BCUT2D eigenvalue weighted by Crippen LogP contribution is 2.27. The van der Waals surface area contributed by atoms with Crippen molar-refractivity contribution in [3.05, 3.63) is 53.0 Å². The predicted octanol–water partition coefficient (Wildman–Crippen LogP) is 3.88. The van der Waals surface area contributed by atoms with E-state index in [4.69, 9.17) is 0 Å². The van der Waals surface area contributed by atoms with Gasteiger partial charge in [-0.3, -0.25) is 0 Å². The summed E-state index contributed by atoms with van der Waals surface area (Å²) in [5, 5.41) is 0. The Labute approximate surface area is 109 Å². The van der Waals surface area contributed by atoms with E-state index in [2.05, 4.69) is 4.98 Å². The van der Waals surface area contributed by atoms with Gasteiger partial charge in [0.2, 0.25) is 0 Å². The van der Waals surface area contributed by atoms with Crippen molar-refractivity contribution in [2.45, 2.75) is 13.8 Å². The fourth-order valence-electron chi connectivity index (χ4n) is 1.94. The molecular weight excluding hydrogens is 253 g/mol. The van der Waals surface area contributed by atoms with Gasteiger partial charge < -0.3 is 4.90 Å². The second kappa shape index (κ2) is 4.91. The molecule has 0 fully saturated rings. The molecular formula is C14H13F3N2. The summed E-state index contributed by atoms with van der Waals surface area (Å²) >= 11 is 0. The molecule has 19 heavy (non-hydrogen) atoms. The van der Waals surface area contributed by atoms with E-state index in [0.717, 1.165) is 11.1 Å². The van der Waals surface area contributed by atoms with Crippen molar-refractivity contribution in [2.75, 3.05) is 11.9 Å². The van der Waals surface area contributed by atoms with Crippen LogP contribution in [0.2, 0.25) is 0 Å². The van der Waals surface area contributed by atoms with Gasteiger partial charge in [-0.15, -0.1) is 0 Å². The van der Waals surface area contributed by atoms with Gasteiger partial charge in [-0.2, -0.15) is 9.37 Å². The number of halogens is 3. The molecule has 0 saturated carbocycles. The van der Waals surface area contributed by atoms with Crippen LogP contribution in [-0.4, -0.2) is 12.0 Å². The minimum atomic E-state index is -1.31. The molecule has 1 aromatic heterocycles. The number of pyridine rings is 1. The molecule has 0 aliphatic carbocycles. The lowest BCUT2D eigenvalue weighted by atomic mass is 10.1. The molecule has 0 amide bonds. The Morgan fingerprint density at radius 1 is 0.895 bits per heavy atom. The first-order chi connectivity index (χ1) is 8.88. The third-order valence-corrected chi connectivity index (χ3v) is 2.78.